The quantitative estimate of drug-likeness (QED) is 0.737. The van der Waals surface area contributed by atoms with E-state index in [1.165, 1.54) is 12.1 Å². The zero-order chi connectivity index (χ0) is 14.1. The summed E-state index contributed by atoms with van der Waals surface area (Å²) in [5, 5.41) is 20.8. The van der Waals surface area contributed by atoms with E-state index in [1.807, 2.05) is 42.5 Å². The Morgan fingerprint density at radius 2 is 1.65 bits per heavy atom. The summed E-state index contributed by atoms with van der Waals surface area (Å²) in [7, 11) is 0. The number of benzene rings is 3. The van der Waals surface area contributed by atoms with Crippen molar-refractivity contribution in [3.05, 3.63) is 66.2 Å². The highest BCUT2D eigenvalue weighted by molar-refractivity contribution is 5.99. The van der Waals surface area contributed by atoms with E-state index < -0.39 is 5.97 Å². The second-order valence-electron chi connectivity index (χ2n) is 4.56. The predicted octanol–water partition coefficient (Wildman–Crippen LogP) is 3.91. The van der Waals surface area contributed by atoms with Crippen molar-refractivity contribution in [3.63, 3.8) is 0 Å². The van der Waals surface area contributed by atoms with Crippen molar-refractivity contribution in [3.8, 4) is 16.9 Å². The number of carboxylic acids is 1. The molecule has 0 aliphatic rings. The van der Waals surface area contributed by atoms with Crippen LogP contribution in [0.3, 0.4) is 0 Å². The van der Waals surface area contributed by atoms with Crippen molar-refractivity contribution in [2.45, 2.75) is 0 Å². The van der Waals surface area contributed by atoms with Crippen LogP contribution < -0.4 is 0 Å². The predicted molar refractivity (Wildman–Crippen MR) is 78.0 cm³/mol. The summed E-state index contributed by atoms with van der Waals surface area (Å²) in [5.74, 6) is -1.36. The Bertz CT molecular complexity index is 801. The fraction of sp³-hybridized carbons (Fsp3) is 0. The van der Waals surface area contributed by atoms with Crippen LogP contribution in [0, 0.1) is 0 Å². The SMILES string of the molecule is O=C(O)c1cc(-c2cccc3ccccc23)ccc1O. The summed E-state index contributed by atoms with van der Waals surface area (Å²) in [4.78, 5) is 11.1. The topological polar surface area (TPSA) is 57.5 Å². The van der Waals surface area contributed by atoms with Gasteiger partial charge in [-0.1, -0.05) is 48.5 Å². The first kappa shape index (κ1) is 12.2. The number of carbonyl (C=O) groups is 1. The Balaban J connectivity index is 2.26. The molecule has 0 amide bonds. The van der Waals surface area contributed by atoms with Gasteiger partial charge in [0, 0.05) is 0 Å². The van der Waals surface area contributed by atoms with Crippen LogP contribution in [0.15, 0.2) is 60.7 Å². The Morgan fingerprint density at radius 1 is 0.900 bits per heavy atom. The number of rotatable bonds is 2. The average Bonchev–Trinajstić information content (AvgIpc) is 2.47. The number of hydrogen-bond acceptors (Lipinski definition) is 2. The van der Waals surface area contributed by atoms with Gasteiger partial charge in [-0.05, 0) is 34.0 Å². The van der Waals surface area contributed by atoms with Crippen LogP contribution in [-0.4, -0.2) is 16.2 Å². The first-order valence-electron chi connectivity index (χ1n) is 6.21. The van der Waals surface area contributed by atoms with E-state index >= 15 is 0 Å². The van der Waals surface area contributed by atoms with Gasteiger partial charge in [0.2, 0.25) is 0 Å². The van der Waals surface area contributed by atoms with E-state index in [9.17, 15) is 9.90 Å². The molecule has 0 atom stereocenters. The summed E-state index contributed by atoms with van der Waals surface area (Å²) >= 11 is 0. The Labute approximate surface area is 115 Å². The van der Waals surface area contributed by atoms with E-state index in [2.05, 4.69) is 0 Å². The number of aromatic hydroxyl groups is 1. The summed E-state index contributed by atoms with van der Waals surface area (Å²) in [6.07, 6.45) is 0. The smallest absolute Gasteiger partial charge is 0.339 e. The lowest BCUT2D eigenvalue weighted by Crippen LogP contribution is -1.97. The van der Waals surface area contributed by atoms with Gasteiger partial charge in [0.25, 0.3) is 0 Å². The molecule has 3 heteroatoms. The molecule has 3 aromatic carbocycles. The maximum atomic E-state index is 11.1. The summed E-state index contributed by atoms with van der Waals surface area (Å²) < 4.78 is 0. The molecule has 0 aliphatic carbocycles. The highest BCUT2D eigenvalue weighted by atomic mass is 16.4. The molecular weight excluding hydrogens is 252 g/mol. The molecule has 3 nitrogen and oxygen atoms in total. The molecule has 0 spiro atoms. The van der Waals surface area contributed by atoms with Crippen LogP contribution in [0.25, 0.3) is 21.9 Å². The number of carboxylic acid groups (broad SMARTS) is 1. The van der Waals surface area contributed by atoms with Crippen molar-refractivity contribution in [1.82, 2.24) is 0 Å². The average molecular weight is 264 g/mol. The Hall–Kier alpha value is -2.81. The highest BCUT2D eigenvalue weighted by Gasteiger charge is 2.12. The van der Waals surface area contributed by atoms with E-state index in [4.69, 9.17) is 5.11 Å². The van der Waals surface area contributed by atoms with Crippen LogP contribution in [0.4, 0.5) is 0 Å². The maximum absolute atomic E-state index is 11.1. The maximum Gasteiger partial charge on any atom is 0.339 e. The Morgan fingerprint density at radius 3 is 2.45 bits per heavy atom. The third kappa shape index (κ3) is 1.99. The van der Waals surface area contributed by atoms with Gasteiger partial charge in [0.1, 0.15) is 11.3 Å². The molecule has 0 radical (unpaired) electrons. The third-order valence-electron chi connectivity index (χ3n) is 3.33. The molecule has 0 saturated heterocycles. The number of aromatic carboxylic acids is 1. The van der Waals surface area contributed by atoms with E-state index in [0.29, 0.717) is 0 Å². The second kappa shape index (κ2) is 4.70. The minimum absolute atomic E-state index is 0.0876. The van der Waals surface area contributed by atoms with Crippen LogP contribution in [0.1, 0.15) is 10.4 Å². The number of hydrogen-bond donors (Lipinski definition) is 2. The minimum atomic E-state index is -1.13. The highest BCUT2D eigenvalue weighted by Crippen LogP contribution is 2.31. The number of fused-ring (bicyclic) bond motifs is 1. The molecule has 3 rings (SSSR count). The molecule has 0 aliphatic heterocycles. The largest absolute Gasteiger partial charge is 0.507 e. The van der Waals surface area contributed by atoms with Crippen molar-refractivity contribution in [1.29, 1.82) is 0 Å². The summed E-state index contributed by atoms with van der Waals surface area (Å²) in [6.45, 7) is 0. The molecule has 0 aromatic heterocycles. The van der Waals surface area contributed by atoms with Gasteiger partial charge in [0.05, 0.1) is 0 Å². The van der Waals surface area contributed by atoms with Crippen LogP contribution in [0.5, 0.6) is 5.75 Å². The van der Waals surface area contributed by atoms with E-state index in [-0.39, 0.29) is 11.3 Å². The molecule has 0 saturated carbocycles. The monoisotopic (exact) mass is 264 g/mol. The molecule has 0 fully saturated rings. The fourth-order valence-corrected chi connectivity index (χ4v) is 2.35. The van der Waals surface area contributed by atoms with Gasteiger partial charge < -0.3 is 10.2 Å². The van der Waals surface area contributed by atoms with Crippen molar-refractivity contribution in [2.75, 3.05) is 0 Å². The van der Waals surface area contributed by atoms with Gasteiger partial charge in [0.15, 0.2) is 0 Å². The van der Waals surface area contributed by atoms with Crippen molar-refractivity contribution >= 4 is 16.7 Å². The summed E-state index contributed by atoms with van der Waals surface area (Å²) in [5.41, 5.74) is 1.64. The summed E-state index contributed by atoms with van der Waals surface area (Å²) in [6, 6.07) is 18.5. The zero-order valence-electron chi connectivity index (χ0n) is 10.6. The van der Waals surface area contributed by atoms with Crippen molar-refractivity contribution in [2.24, 2.45) is 0 Å². The van der Waals surface area contributed by atoms with Crippen molar-refractivity contribution < 1.29 is 15.0 Å². The first-order chi connectivity index (χ1) is 9.66. The van der Waals surface area contributed by atoms with Gasteiger partial charge in [-0.25, -0.2) is 4.79 Å². The lowest BCUT2D eigenvalue weighted by atomic mass is 9.97. The molecule has 20 heavy (non-hydrogen) atoms. The van der Waals surface area contributed by atoms with Gasteiger partial charge in [-0.2, -0.15) is 0 Å². The first-order valence-corrected chi connectivity index (χ1v) is 6.21. The van der Waals surface area contributed by atoms with E-state index in [0.717, 1.165) is 21.9 Å². The molecule has 98 valence electrons. The normalized spacial score (nSPS) is 10.6. The molecule has 0 bridgehead atoms. The zero-order valence-corrected chi connectivity index (χ0v) is 10.6. The molecule has 0 unspecified atom stereocenters. The van der Waals surface area contributed by atoms with Crippen LogP contribution in [0.2, 0.25) is 0 Å². The molecule has 3 aromatic rings. The fourth-order valence-electron chi connectivity index (χ4n) is 2.35. The lowest BCUT2D eigenvalue weighted by molar-refractivity contribution is 0.0694. The van der Waals surface area contributed by atoms with Gasteiger partial charge >= 0.3 is 5.97 Å². The minimum Gasteiger partial charge on any atom is -0.507 e. The van der Waals surface area contributed by atoms with Crippen LogP contribution in [-0.2, 0) is 0 Å². The molecule has 0 heterocycles. The second-order valence-corrected chi connectivity index (χ2v) is 4.56. The van der Waals surface area contributed by atoms with Gasteiger partial charge in [-0.15, -0.1) is 0 Å². The Kier molecular flexibility index (Phi) is 2.88. The van der Waals surface area contributed by atoms with Gasteiger partial charge in [-0.3, -0.25) is 0 Å². The molecular formula is C17H12O3. The van der Waals surface area contributed by atoms with Crippen LogP contribution >= 0.6 is 0 Å². The lowest BCUT2D eigenvalue weighted by Gasteiger charge is -2.08. The molecule has 2 N–H and O–H groups in total. The standard InChI is InChI=1S/C17H12O3/c18-16-9-8-12(10-15(16)17(19)20)14-7-3-5-11-4-1-2-6-13(11)14/h1-10,18H,(H,19,20). The van der Waals surface area contributed by atoms with E-state index in [1.54, 1.807) is 6.07 Å². The number of phenols is 1. The third-order valence-corrected chi connectivity index (χ3v) is 3.33.